The van der Waals surface area contributed by atoms with Crippen LogP contribution in [0.1, 0.15) is 31.3 Å². The molecule has 2 rings (SSSR count). The number of hydrogen-bond acceptors (Lipinski definition) is 5. The average molecular weight is 305 g/mol. The number of anilines is 1. The zero-order valence-electron chi connectivity index (χ0n) is 12.6. The highest BCUT2D eigenvalue weighted by molar-refractivity contribution is 7.15. The normalized spacial score (nSPS) is 11.2. The molecule has 0 aliphatic heterocycles. The molecule has 0 unspecified atom stereocenters. The van der Waals surface area contributed by atoms with Gasteiger partial charge in [0.05, 0.1) is 13.5 Å². The van der Waals surface area contributed by atoms with E-state index in [1.54, 1.807) is 7.11 Å². The topological polar surface area (TPSA) is 64.1 Å². The van der Waals surface area contributed by atoms with Crippen molar-refractivity contribution in [3.05, 3.63) is 34.8 Å². The molecule has 0 radical (unpaired) electrons. The largest absolute Gasteiger partial charge is 0.497 e. The van der Waals surface area contributed by atoms with Crippen molar-refractivity contribution in [1.29, 1.82) is 0 Å². The van der Waals surface area contributed by atoms with E-state index in [2.05, 4.69) is 36.3 Å². The second-order valence-electron chi connectivity index (χ2n) is 5.74. The predicted octanol–water partition coefficient (Wildman–Crippen LogP) is 3.03. The van der Waals surface area contributed by atoms with Crippen molar-refractivity contribution in [2.75, 3.05) is 12.4 Å². The van der Waals surface area contributed by atoms with Gasteiger partial charge in [-0.3, -0.25) is 4.79 Å². The molecule has 0 saturated carbocycles. The zero-order valence-corrected chi connectivity index (χ0v) is 13.5. The van der Waals surface area contributed by atoms with E-state index in [9.17, 15) is 4.79 Å². The number of carbonyl (C=O) groups is 1. The molecule has 1 aromatic carbocycles. The third-order valence-corrected chi connectivity index (χ3v) is 4.10. The quantitative estimate of drug-likeness (QED) is 0.943. The maximum absolute atomic E-state index is 12.0. The van der Waals surface area contributed by atoms with Crippen LogP contribution in [0.4, 0.5) is 5.13 Å². The van der Waals surface area contributed by atoms with Crippen LogP contribution in [0.25, 0.3) is 0 Å². The summed E-state index contributed by atoms with van der Waals surface area (Å²) in [6.45, 7) is 6.20. The summed E-state index contributed by atoms with van der Waals surface area (Å²) in [6, 6.07) is 7.43. The van der Waals surface area contributed by atoms with Crippen molar-refractivity contribution in [3.8, 4) is 5.75 Å². The summed E-state index contributed by atoms with van der Waals surface area (Å²) in [5.41, 5.74) is 0.866. The van der Waals surface area contributed by atoms with Crippen molar-refractivity contribution in [2.45, 2.75) is 32.6 Å². The van der Waals surface area contributed by atoms with Crippen LogP contribution in [0.3, 0.4) is 0 Å². The highest BCUT2D eigenvalue weighted by Crippen LogP contribution is 2.27. The second kappa shape index (κ2) is 6.22. The Kier molecular flexibility index (Phi) is 4.57. The van der Waals surface area contributed by atoms with Gasteiger partial charge >= 0.3 is 0 Å². The lowest BCUT2D eigenvalue weighted by molar-refractivity contribution is -0.115. The molecule has 1 heterocycles. The minimum atomic E-state index is -0.100. The minimum Gasteiger partial charge on any atom is -0.497 e. The van der Waals surface area contributed by atoms with Crippen LogP contribution < -0.4 is 10.1 Å². The van der Waals surface area contributed by atoms with E-state index in [0.29, 0.717) is 11.6 Å². The minimum absolute atomic E-state index is 0.0589. The Morgan fingerprint density at radius 1 is 1.24 bits per heavy atom. The molecule has 0 fully saturated rings. The lowest BCUT2D eigenvalue weighted by Crippen LogP contribution is -2.14. The SMILES string of the molecule is COc1ccc(CC(=O)Nc2nnc(C(C)(C)C)s2)cc1. The van der Waals surface area contributed by atoms with Gasteiger partial charge in [-0.25, -0.2) is 0 Å². The number of ether oxygens (including phenoxy) is 1. The average Bonchev–Trinajstić information content (AvgIpc) is 2.88. The molecule has 112 valence electrons. The number of carbonyl (C=O) groups excluding carboxylic acids is 1. The summed E-state index contributed by atoms with van der Waals surface area (Å²) in [5.74, 6) is 0.676. The Balaban J connectivity index is 1.96. The van der Waals surface area contributed by atoms with Crippen molar-refractivity contribution < 1.29 is 9.53 Å². The van der Waals surface area contributed by atoms with Crippen LogP contribution in [0, 0.1) is 0 Å². The van der Waals surface area contributed by atoms with E-state index in [1.165, 1.54) is 11.3 Å². The van der Waals surface area contributed by atoms with Crippen LogP contribution in [-0.4, -0.2) is 23.2 Å². The monoisotopic (exact) mass is 305 g/mol. The summed E-state index contributed by atoms with van der Waals surface area (Å²) in [4.78, 5) is 12.0. The van der Waals surface area contributed by atoms with Gasteiger partial charge in [-0.05, 0) is 17.7 Å². The third kappa shape index (κ3) is 4.26. The highest BCUT2D eigenvalue weighted by Gasteiger charge is 2.20. The number of nitrogens with one attached hydrogen (secondary N) is 1. The summed E-state index contributed by atoms with van der Waals surface area (Å²) >= 11 is 1.41. The Labute approximate surface area is 128 Å². The number of amides is 1. The first kappa shape index (κ1) is 15.4. The number of nitrogens with zero attached hydrogens (tertiary/aromatic N) is 2. The molecule has 5 nitrogen and oxygen atoms in total. The molecule has 0 saturated heterocycles. The lowest BCUT2D eigenvalue weighted by Gasteiger charge is -2.12. The van der Waals surface area contributed by atoms with Crippen molar-refractivity contribution in [3.63, 3.8) is 0 Å². The Hall–Kier alpha value is -1.95. The van der Waals surface area contributed by atoms with Gasteiger partial charge in [-0.15, -0.1) is 10.2 Å². The molecule has 21 heavy (non-hydrogen) atoms. The van der Waals surface area contributed by atoms with E-state index in [0.717, 1.165) is 16.3 Å². The van der Waals surface area contributed by atoms with E-state index in [-0.39, 0.29) is 11.3 Å². The van der Waals surface area contributed by atoms with Crippen molar-refractivity contribution >= 4 is 22.4 Å². The first-order valence-corrected chi connectivity index (χ1v) is 7.47. The Morgan fingerprint density at radius 2 is 1.90 bits per heavy atom. The molecule has 2 aromatic rings. The molecule has 0 spiro atoms. The Morgan fingerprint density at radius 3 is 2.43 bits per heavy atom. The molecule has 6 heteroatoms. The highest BCUT2D eigenvalue weighted by atomic mass is 32.1. The van der Waals surface area contributed by atoms with Gasteiger partial charge in [-0.2, -0.15) is 0 Å². The fourth-order valence-corrected chi connectivity index (χ4v) is 2.49. The molecular weight excluding hydrogens is 286 g/mol. The summed E-state index contributed by atoms with van der Waals surface area (Å²) in [5, 5.41) is 12.3. The van der Waals surface area contributed by atoms with Crippen LogP contribution in [-0.2, 0) is 16.6 Å². The summed E-state index contributed by atoms with van der Waals surface area (Å²) in [6.07, 6.45) is 0.300. The first-order valence-electron chi connectivity index (χ1n) is 6.65. The number of rotatable bonds is 4. The number of hydrogen-bond donors (Lipinski definition) is 1. The smallest absolute Gasteiger partial charge is 0.230 e. The van der Waals surface area contributed by atoms with E-state index >= 15 is 0 Å². The Bertz CT molecular complexity index is 615. The van der Waals surface area contributed by atoms with Gasteiger partial charge in [0.1, 0.15) is 10.8 Å². The molecule has 0 aliphatic rings. The molecule has 0 atom stereocenters. The van der Waals surface area contributed by atoms with Crippen LogP contribution in [0.15, 0.2) is 24.3 Å². The van der Waals surface area contributed by atoms with Gasteiger partial charge < -0.3 is 10.1 Å². The van der Waals surface area contributed by atoms with Gasteiger partial charge in [-0.1, -0.05) is 44.2 Å². The third-order valence-electron chi connectivity index (χ3n) is 2.84. The standard InChI is InChI=1S/C15H19N3O2S/c1-15(2,3)13-17-18-14(21-13)16-12(19)9-10-5-7-11(20-4)8-6-10/h5-8H,9H2,1-4H3,(H,16,18,19). The maximum atomic E-state index is 12.0. The number of methoxy groups -OCH3 is 1. The fraction of sp³-hybridized carbons (Fsp3) is 0.400. The van der Waals surface area contributed by atoms with E-state index < -0.39 is 0 Å². The lowest BCUT2D eigenvalue weighted by atomic mass is 9.98. The van der Waals surface area contributed by atoms with E-state index in [4.69, 9.17) is 4.74 Å². The number of aromatic nitrogens is 2. The molecule has 1 N–H and O–H groups in total. The summed E-state index contributed by atoms with van der Waals surface area (Å²) < 4.78 is 5.09. The summed E-state index contributed by atoms with van der Waals surface area (Å²) in [7, 11) is 1.62. The molecule has 1 amide bonds. The van der Waals surface area contributed by atoms with Gasteiger partial charge in [0.25, 0.3) is 0 Å². The predicted molar refractivity (Wildman–Crippen MR) is 83.9 cm³/mol. The first-order chi connectivity index (χ1) is 9.88. The van der Waals surface area contributed by atoms with Crippen LogP contribution >= 0.6 is 11.3 Å². The fourth-order valence-electron chi connectivity index (χ4n) is 1.67. The van der Waals surface area contributed by atoms with Gasteiger partial charge in [0.15, 0.2) is 0 Å². The maximum Gasteiger partial charge on any atom is 0.230 e. The van der Waals surface area contributed by atoms with Gasteiger partial charge in [0.2, 0.25) is 11.0 Å². The molecule has 0 aliphatic carbocycles. The van der Waals surface area contributed by atoms with Gasteiger partial charge in [0, 0.05) is 5.41 Å². The van der Waals surface area contributed by atoms with Crippen molar-refractivity contribution in [1.82, 2.24) is 10.2 Å². The zero-order chi connectivity index (χ0) is 15.5. The van der Waals surface area contributed by atoms with Crippen molar-refractivity contribution in [2.24, 2.45) is 0 Å². The van der Waals surface area contributed by atoms with E-state index in [1.807, 2.05) is 24.3 Å². The van der Waals surface area contributed by atoms with Crippen LogP contribution in [0.2, 0.25) is 0 Å². The molecular formula is C15H19N3O2S. The van der Waals surface area contributed by atoms with Crippen LogP contribution in [0.5, 0.6) is 5.75 Å². The number of benzene rings is 1. The molecule has 0 bridgehead atoms. The second-order valence-corrected chi connectivity index (χ2v) is 6.71. The molecule has 1 aromatic heterocycles.